The van der Waals surface area contributed by atoms with Gasteiger partial charge in [-0.2, -0.15) is 0 Å². The lowest BCUT2D eigenvalue weighted by Gasteiger charge is -2.32. The van der Waals surface area contributed by atoms with Crippen molar-refractivity contribution in [3.8, 4) is 0 Å². The van der Waals surface area contributed by atoms with Crippen LogP contribution in [0.25, 0.3) is 0 Å². The highest BCUT2D eigenvalue weighted by molar-refractivity contribution is 5.67. The summed E-state index contributed by atoms with van der Waals surface area (Å²) in [5.74, 6) is -0.305. The fraction of sp³-hybridized carbons (Fsp3) is 0.562. The lowest BCUT2D eigenvalue weighted by molar-refractivity contribution is 0.0524. The summed E-state index contributed by atoms with van der Waals surface area (Å²) in [6, 6.07) is 6.32. The normalized spacial score (nSPS) is 12.6. The molecule has 1 amide bonds. The maximum absolute atomic E-state index is 14.0. The minimum Gasteiger partial charge on any atom is -0.444 e. The van der Waals surface area contributed by atoms with Crippen LogP contribution in [0, 0.1) is 5.82 Å². The summed E-state index contributed by atoms with van der Waals surface area (Å²) in [6.45, 7) is 8.47. The number of nitrogens with two attached hydrogens (primary N) is 1. The van der Waals surface area contributed by atoms with Gasteiger partial charge in [0.1, 0.15) is 11.4 Å². The summed E-state index contributed by atoms with van der Waals surface area (Å²) in [7, 11) is 0. The average Bonchev–Trinajstić information content (AvgIpc) is 2.43. The van der Waals surface area contributed by atoms with Gasteiger partial charge in [0.25, 0.3) is 0 Å². The number of carbonyl (C=O) groups excluding carboxylic acids is 1. The number of rotatable bonds is 6. The summed E-state index contributed by atoms with van der Waals surface area (Å²) in [4.78, 5) is 13.6. The van der Waals surface area contributed by atoms with Gasteiger partial charge < -0.3 is 20.7 Å². The van der Waals surface area contributed by atoms with Crippen molar-refractivity contribution in [1.29, 1.82) is 0 Å². The molecule has 0 aromatic heterocycles. The van der Waals surface area contributed by atoms with Crippen molar-refractivity contribution in [2.45, 2.75) is 39.3 Å². The molecule has 0 saturated heterocycles. The molecule has 0 fully saturated rings. The van der Waals surface area contributed by atoms with Crippen LogP contribution >= 0.6 is 0 Å². The number of hydrogen-bond donors (Lipinski definition) is 2. The van der Waals surface area contributed by atoms with E-state index in [-0.39, 0.29) is 24.9 Å². The zero-order valence-corrected chi connectivity index (χ0v) is 13.7. The van der Waals surface area contributed by atoms with Crippen molar-refractivity contribution in [2.24, 2.45) is 5.73 Å². The Morgan fingerprint density at radius 3 is 2.55 bits per heavy atom. The summed E-state index contributed by atoms with van der Waals surface area (Å²) in [5.41, 5.74) is 5.71. The molecular formula is C16H26FN3O2. The first kappa shape index (κ1) is 18.2. The maximum atomic E-state index is 14.0. The van der Waals surface area contributed by atoms with Gasteiger partial charge in [-0.05, 0) is 39.8 Å². The lowest BCUT2D eigenvalue weighted by atomic mass is 10.2. The van der Waals surface area contributed by atoms with E-state index in [0.717, 1.165) is 0 Å². The van der Waals surface area contributed by atoms with E-state index in [2.05, 4.69) is 5.32 Å². The summed E-state index contributed by atoms with van der Waals surface area (Å²) in [6.07, 6.45) is -0.504. The molecule has 22 heavy (non-hydrogen) atoms. The van der Waals surface area contributed by atoms with Crippen LogP contribution in [0.4, 0.5) is 14.9 Å². The van der Waals surface area contributed by atoms with Crippen molar-refractivity contribution in [1.82, 2.24) is 5.32 Å². The monoisotopic (exact) mass is 311 g/mol. The van der Waals surface area contributed by atoms with Crippen molar-refractivity contribution in [3.05, 3.63) is 30.1 Å². The first-order valence-electron chi connectivity index (χ1n) is 7.46. The van der Waals surface area contributed by atoms with Crippen LogP contribution < -0.4 is 16.0 Å². The number of amides is 1. The highest BCUT2D eigenvalue weighted by Gasteiger charge is 2.21. The Labute approximate surface area is 131 Å². The number of alkyl carbamates (subject to hydrolysis) is 1. The third-order valence-electron chi connectivity index (χ3n) is 3.10. The molecule has 3 N–H and O–H groups in total. The van der Waals surface area contributed by atoms with Gasteiger partial charge >= 0.3 is 6.09 Å². The Balaban J connectivity index is 2.73. The summed E-state index contributed by atoms with van der Waals surface area (Å²) >= 11 is 0. The number of para-hydroxylation sites is 1. The number of likely N-dealkylation sites (N-methyl/N-ethyl adjacent to an activating group) is 1. The topological polar surface area (TPSA) is 67.6 Å². The Morgan fingerprint density at radius 1 is 1.41 bits per heavy atom. The standard InChI is InChI=1S/C16H26FN3O2/c1-5-20(14-9-7-6-8-13(14)17)12(10-18)11-19-15(21)22-16(2,3)4/h6-9,12H,5,10-11,18H2,1-4H3,(H,19,21). The predicted molar refractivity (Wildman–Crippen MR) is 86.5 cm³/mol. The second kappa shape index (κ2) is 7.98. The largest absolute Gasteiger partial charge is 0.444 e. The molecule has 1 aromatic rings. The van der Waals surface area contributed by atoms with E-state index in [1.807, 2.05) is 11.8 Å². The number of ether oxygens (including phenoxy) is 1. The van der Waals surface area contributed by atoms with Gasteiger partial charge in [0.15, 0.2) is 0 Å². The fourth-order valence-corrected chi connectivity index (χ4v) is 2.15. The van der Waals surface area contributed by atoms with Gasteiger partial charge in [-0.15, -0.1) is 0 Å². The molecule has 1 aromatic carbocycles. The highest BCUT2D eigenvalue weighted by Crippen LogP contribution is 2.20. The van der Waals surface area contributed by atoms with Gasteiger partial charge in [0.05, 0.1) is 11.7 Å². The molecular weight excluding hydrogens is 285 g/mol. The zero-order chi connectivity index (χ0) is 16.8. The number of hydrogen-bond acceptors (Lipinski definition) is 4. The zero-order valence-electron chi connectivity index (χ0n) is 13.7. The second-order valence-corrected chi connectivity index (χ2v) is 6.01. The number of anilines is 1. The molecule has 1 unspecified atom stereocenters. The van der Waals surface area contributed by atoms with Gasteiger partial charge in [-0.25, -0.2) is 9.18 Å². The Bertz CT molecular complexity index is 489. The van der Waals surface area contributed by atoms with E-state index < -0.39 is 11.7 Å². The first-order chi connectivity index (χ1) is 10.3. The summed E-state index contributed by atoms with van der Waals surface area (Å²) < 4.78 is 19.1. The van der Waals surface area contributed by atoms with Crippen LogP contribution in [-0.2, 0) is 4.74 Å². The van der Waals surface area contributed by atoms with E-state index >= 15 is 0 Å². The van der Waals surface area contributed by atoms with E-state index in [9.17, 15) is 9.18 Å². The minimum absolute atomic E-state index is 0.214. The number of nitrogens with one attached hydrogen (secondary N) is 1. The highest BCUT2D eigenvalue weighted by atomic mass is 19.1. The van der Waals surface area contributed by atoms with Gasteiger partial charge in [-0.3, -0.25) is 0 Å². The first-order valence-corrected chi connectivity index (χ1v) is 7.46. The van der Waals surface area contributed by atoms with E-state index in [1.54, 1.807) is 39.0 Å². The van der Waals surface area contributed by atoms with Gasteiger partial charge in [0.2, 0.25) is 0 Å². The van der Waals surface area contributed by atoms with Crippen LogP contribution in [0.5, 0.6) is 0 Å². The molecule has 124 valence electrons. The van der Waals surface area contributed by atoms with Crippen LogP contribution in [0.1, 0.15) is 27.7 Å². The molecule has 1 rings (SSSR count). The Kier molecular flexibility index (Phi) is 6.61. The van der Waals surface area contributed by atoms with Crippen molar-refractivity contribution in [2.75, 3.05) is 24.5 Å². The van der Waals surface area contributed by atoms with Crippen molar-refractivity contribution in [3.63, 3.8) is 0 Å². The fourth-order valence-electron chi connectivity index (χ4n) is 2.15. The Morgan fingerprint density at radius 2 is 2.05 bits per heavy atom. The van der Waals surface area contributed by atoms with Gasteiger partial charge in [0, 0.05) is 19.6 Å². The smallest absolute Gasteiger partial charge is 0.407 e. The van der Waals surface area contributed by atoms with Gasteiger partial charge in [-0.1, -0.05) is 12.1 Å². The van der Waals surface area contributed by atoms with E-state index in [4.69, 9.17) is 10.5 Å². The molecule has 0 aliphatic rings. The number of carbonyl (C=O) groups is 1. The third-order valence-corrected chi connectivity index (χ3v) is 3.10. The van der Waals surface area contributed by atoms with Crippen LogP contribution in [0.15, 0.2) is 24.3 Å². The molecule has 0 bridgehead atoms. The lowest BCUT2D eigenvalue weighted by Crippen LogP contribution is -2.49. The SMILES string of the molecule is CCN(c1ccccc1F)C(CN)CNC(=O)OC(C)(C)C. The molecule has 6 heteroatoms. The molecule has 0 radical (unpaired) electrons. The number of halogens is 1. The number of nitrogens with zero attached hydrogens (tertiary/aromatic N) is 1. The van der Waals surface area contributed by atoms with Crippen LogP contribution in [0.2, 0.25) is 0 Å². The second-order valence-electron chi connectivity index (χ2n) is 6.01. The van der Waals surface area contributed by atoms with Crippen LogP contribution in [-0.4, -0.2) is 37.4 Å². The number of benzene rings is 1. The molecule has 5 nitrogen and oxygen atoms in total. The molecule has 0 aliphatic heterocycles. The Hall–Kier alpha value is -1.82. The third kappa shape index (κ3) is 5.52. The van der Waals surface area contributed by atoms with Crippen LogP contribution in [0.3, 0.4) is 0 Å². The summed E-state index contributed by atoms with van der Waals surface area (Å²) in [5, 5.41) is 2.69. The van der Waals surface area contributed by atoms with E-state index in [1.165, 1.54) is 6.07 Å². The molecule has 0 spiro atoms. The minimum atomic E-state index is -0.557. The average molecular weight is 311 g/mol. The maximum Gasteiger partial charge on any atom is 0.407 e. The predicted octanol–water partition coefficient (Wildman–Crippen LogP) is 2.50. The van der Waals surface area contributed by atoms with Crippen molar-refractivity contribution >= 4 is 11.8 Å². The molecule has 0 aliphatic carbocycles. The van der Waals surface area contributed by atoms with E-state index in [0.29, 0.717) is 12.2 Å². The molecule has 1 atom stereocenters. The molecule has 0 heterocycles. The molecule has 0 saturated carbocycles. The quantitative estimate of drug-likeness (QED) is 0.847. The van der Waals surface area contributed by atoms with Crippen molar-refractivity contribution < 1.29 is 13.9 Å².